The molecule has 5 nitrogen and oxygen atoms in total. The standard InChI is InChI=1S/C28H27Cl2FN4O/c29-23-8-7-20(16-24(23)30)4-3-13-34-14-10-28(11-15-34)19-35(25-6-2-1-5-22(25)28)27(36)33-18-21-9-12-32-26(31)17-21/h1-9,12,16-17H,10-11,13-15,18-19H2,(H,33,36)/b4-3+. The van der Waals surface area contributed by atoms with E-state index in [1.54, 1.807) is 6.07 Å². The zero-order valence-electron chi connectivity index (χ0n) is 19.8. The van der Waals surface area contributed by atoms with Gasteiger partial charge in [0.15, 0.2) is 0 Å². The minimum Gasteiger partial charge on any atom is -0.334 e. The molecular weight excluding hydrogens is 498 g/mol. The van der Waals surface area contributed by atoms with Gasteiger partial charge >= 0.3 is 6.03 Å². The molecule has 1 saturated heterocycles. The van der Waals surface area contributed by atoms with Crippen LogP contribution < -0.4 is 10.2 Å². The molecule has 0 radical (unpaired) electrons. The monoisotopic (exact) mass is 524 g/mol. The molecule has 36 heavy (non-hydrogen) atoms. The average Bonchev–Trinajstić information content (AvgIpc) is 3.20. The van der Waals surface area contributed by atoms with Crippen molar-refractivity contribution in [1.29, 1.82) is 0 Å². The van der Waals surface area contributed by atoms with Crippen molar-refractivity contribution in [3.63, 3.8) is 0 Å². The van der Waals surface area contributed by atoms with Gasteiger partial charge in [0.1, 0.15) is 0 Å². The van der Waals surface area contributed by atoms with Crippen LogP contribution >= 0.6 is 23.2 Å². The third-order valence-electron chi connectivity index (χ3n) is 7.14. The second-order valence-electron chi connectivity index (χ2n) is 9.41. The van der Waals surface area contributed by atoms with Gasteiger partial charge < -0.3 is 5.32 Å². The van der Waals surface area contributed by atoms with Crippen molar-refractivity contribution in [2.75, 3.05) is 31.1 Å². The lowest BCUT2D eigenvalue weighted by molar-refractivity contribution is 0.180. The number of nitrogens with one attached hydrogen (secondary N) is 1. The van der Waals surface area contributed by atoms with Gasteiger partial charge in [-0.05, 0) is 73.0 Å². The number of hydrogen-bond acceptors (Lipinski definition) is 3. The summed E-state index contributed by atoms with van der Waals surface area (Å²) in [7, 11) is 0. The summed E-state index contributed by atoms with van der Waals surface area (Å²) in [6.45, 7) is 3.65. The average molecular weight is 525 g/mol. The van der Waals surface area contributed by atoms with Crippen LogP contribution in [0.15, 0.2) is 66.9 Å². The zero-order valence-corrected chi connectivity index (χ0v) is 21.3. The molecule has 186 valence electrons. The van der Waals surface area contributed by atoms with Crippen LogP contribution in [-0.2, 0) is 12.0 Å². The van der Waals surface area contributed by atoms with Crippen LogP contribution in [0.4, 0.5) is 14.9 Å². The van der Waals surface area contributed by atoms with Gasteiger partial charge in [0.2, 0.25) is 5.95 Å². The Morgan fingerprint density at radius 2 is 1.89 bits per heavy atom. The van der Waals surface area contributed by atoms with Gasteiger partial charge in [-0.1, -0.05) is 59.6 Å². The Bertz CT molecular complexity index is 1290. The molecule has 1 fully saturated rings. The van der Waals surface area contributed by atoms with E-state index in [4.69, 9.17) is 23.2 Å². The smallest absolute Gasteiger partial charge is 0.322 e. The topological polar surface area (TPSA) is 48.5 Å². The normalized spacial score (nSPS) is 17.0. The van der Waals surface area contributed by atoms with E-state index >= 15 is 0 Å². The van der Waals surface area contributed by atoms with Crippen molar-refractivity contribution in [1.82, 2.24) is 15.2 Å². The van der Waals surface area contributed by atoms with E-state index in [0.717, 1.165) is 43.7 Å². The van der Waals surface area contributed by atoms with Gasteiger partial charge in [-0.3, -0.25) is 9.80 Å². The Morgan fingerprint density at radius 3 is 2.67 bits per heavy atom. The summed E-state index contributed by atoms with van der Waals surface area (Å²) in [6.07, 6.45) is 7.58. The first-order valence-electron chi connectivity index (χ1n) is 12.0. The van der Waals surface area contributed by atoms with Crippen LogP contribution in [0.1, 0.15) is 29.5 Å². The fraction of sp³-hybridized carbons (Fsp3) is 0.286. The van der Waals surface area contributed by atoms with E-state index in [9.17, 15) is 9.18 Å². The number of carbonyl (C=O) groups is 1. The molecule has 3 heterocycles. The van der Waals surface area contributed by atoms with Crippen molar-refractivity contribution in [2.45, 2.75) is 24.8 Å². The molecule has 5 rings (SSSR count). The van der Waals surface area contributed by atoms with Gasteiger partial charge in [-0.2, -0.15) is 4.39 Å². The van der Waals surface area contributed by atoms with Crippen molar-refractivity contribution in [3.8, 4) is 0 Å². The number of amides is 2. The molecule has 0 atom stereocenters. The Labute approximate surface area is 220 Å². The number of fused-ring (bicyclic) bond motifs is 2. The Hall–Kier alpha value is -2.93. The first-order valence-corrected chi connectivity index (χ1v) is 12.8. The van der Waals surface area contributed by atoms with E-state index < -0.39 is 5.95 Å². The number of rotatable bonds is 5. The van der Waals surface area contributed by atoms with E-state index in [1.165, 1.54) is 17.8 Å². The van der Waals surface area contributed by atoms with Crippen LogP contribution in [-0.4, -0.2) is 42.1 Å². The molecule has 1 N–H and O–H groups in total. The first-order chi connectivity index (χ1) is 17.4. The highest BCUT2D eigenvalue weighted by Crippen LogP contribution is 2.46. The molecule has 0 unspecified atom stereocenters. The number of carbonyl (C=O) groups excluding carboxylic acids is 1. The predicted molar refractivity (Wildman–Crippen MR) is 143 cm³/mol. The number of aromatic nitrogens is 1. The Morgan fingerprint density at radius 1 is 1.08 bits per heavy atom. The Balaban J connectivity index is 1.22. The summed E-state index contributed by atoms with van der Waals surface area (Å²) in [6, 6.07) is 16.7. The molecule has 2 aliphatic heterocycles. The summed E-state index contributed by atoms with van der Waals surface area (Å²) < 4.78 is 13.4. The SMILES string of the molecule is O=C(NCc1ccnc(F)c1)N1CC2(CCN(C/C=C/c3ccc(Cl)c(Cl)c3)CC2)c2ccccc21. The highest BCUT2D eigenvalue weighted by atomic mass is 35.5. The number of hydrogen-bond donors (Lipinski definition) is 1. The molecule has 0 bridgehead atoms. The molecule has 1 spiro atoms. The van der Waals surface area contributed by atoms with Crippen LogP contribution in [0.5, 0.6) is 0 Å². The molecule has 2 aliphatic rings. The first kappa shape index (κ1) is 24.8. The van der Waals surface area contributed by atoms with E-state index in [2.05, 4.69) is 33.4 Å². The van der Waals surface area contributed by atoms with Gasteiger partial charge in [-0.15, -0.1) is 0 Å². The molecule has 8 heteroatoms. The number of urea groups is 1. The van der Waals surface area contributed by atoms with Gasteiger partial charge in [0.25, 0.3) is 0 Å². The van der Waals surface area contributed by atoms with Gasteiger partial charge in [0.05, 0.1) is 10.0 Å². The third kappa shape index (κ3) is 5.26. The van der Waals surface area contributed by atoms with E-state index in [0.29, 0.717) is 22.2 Å². The van der Waals surface area contributed by atoms with Gasteiger partial charge in [-0.25, -0.2) is 9.78 Å². The number of benzene rings is 2. The quantitative estimate of drug-likeness (QED) is 0.398. The number of halogens is 3. The van der Waals surface area contributed by atoms with Crippen LogP contribution in [0.25, 0.3) is 6.08 Å². The molecule has 0 saturated carbocycles. The van der Waals surface area contributed by atoms with E-state index in [-0.39, 0.29) is 18.0 Å². The minimum absolute atomic E-state index is 0.0549. The van der Waals surface area contributed by atoms with Crippen molar-refractivity contribution >= 4 is 41.0 Å². The highest BCUT2D eigenvalue weighted by Gasteiger charge is 2.46. The van der Waals surface area contributed by atoms with Crippen molar-refractivity contribution < 1.29 is 9.18 Å². The number of likely N-dealkylation sites (tertiary alicyclic amines) is 1. The number of para-hydroxylation sites is 1. The van der Waals surface area contributed by atoms with E-state index in [1.807, 2.05) is 41.3 Å². The summed E-state index contributed by atoms with van der Waals surface area (Å²) in [5, 5.41) is 4.06. The lowest BCUT2D eigenvalue weighted by Gasteiger charge is -2.39. The molecule has 2 aromatic carbocycles. The fourth-order valence-corrected chi connectivity index (χ4v) is 5.49. The molecule has 2 amide bonds. The maximum absolute atomic E-state index is 13.4. The van der Waals surface area contributed by atoms with Crippen molar-refractivity contribution in [2.24, 2.45) is 0 Å². The van der Waals surface area contributed by atoms with Crippen LogP contribution in [0, 0.1) is 5.95 Å². The zero-order chi connectivity index (χ0) is 25.1. The predicted octanol–water partition coefficient (Wildman–Crippen LogP) is 6.30. The molecule has 3 aromatic rings. The summed E-state index contributed by atoms with van der Waals surface area (Å²) in [5.74, 6) is -0.550. The third-order valence-corrected chi connectivity index (χ3v) is 7.88. The number of nitrogens with zero attached hydrogens (tertiary/aromatic N) is 3. The summed E-state index contributed by atoms with van der Waals surface area (Å²) in [4.78, 5) is 21.0. The molecule has 0 aliphatic carbocycles. The number of anilines is 1. The van der Waals surface area contributed by atoms with Crippen molar-refractivity contribution in [3.05, 3.63) is 99.6 Å². The molecule has 1 aromatic heterocycles. The van der Waals surface area contributed by atoms with Crippen LogP contribution in [0.2, 0.25) is 10.0 Å². The highest BCUT2D eigenvalue weighted by molar-refractivity contribution is 6.42. The van der Waals surface area contributed by atoms with Crippen LogP contribution in [0.3, 0.4) is 0 Å². The Kier molecular flexibility index (Phi) is 7.28. The summed E-state index contributed by atoms with van der Waals surface area (Å²) >= 11 is 12.1. The number of pyridine rings is 1. The maximum atomic E-state index is 13.4. The number of piperidine rings is 1. The van der Waals surface area contributed by atoms with Gasteiger partial charge in [0, 0.05) is 36.9 Å². The molecular formula is C28H27Cl2FN4O. The maximum Gasteiger partial charge on any atom is 0.322 e. The minimum atomic E-state index is -0.550. The fourth-order valence-electron chi connectivity index (χ4n) is 5.18. The lowest BCUT2D eigenvalue weighted by Crippen LogP contribution is -2.47. The lowest BCUT2D eigenvalue weighted by atomic mass is 9.74. The largest absolute Gasteiger partial charge is 0.334 e. The second kappa shape index (κ2) is 10.6. The summed E-state index contributed by atoms with van der Waals surface area (Å²) in [5.41, 5.74) is 3.85. The second-order valence-corrected chi connectivity index (χ2v) is 10.2.